The van der Waals surface area contributed by atoms with E-state index >= 15 is 4.79 Å². The van der Waals surface area contributed by atoms with Crippen molar-refractivity contribution in [1.82, 2.24) is 40.7 Å². The topological polar surface area (TPSA) is 226 Å². The smallest absolute Gasteiger partial charge is 0.243 e. The highest BCUT2D eigenvalue weighted by Crippen LogP contribution is 2.41. The van der Waals surface area contributed by atoms with Crippen LogP contribution in [0.3, 0.4) is 0 Å². The van der Waals surface area contributed by atoms with Crippen molar-refractivity contribution in [1.29, 1.82) is 0 Å². The maximum absolute atomic E-state index is 15.0. The van der Waals surface area contributed by atoms with E-state index in [0.717, 1.165) is 43.4 Å². The number of hydrogen-bond acceptors (Lipinski definition) is 15. The molecule has 8 rings (SSSR count). The van der Waals surface area contributed by atoms with Gasteiger partial charge in [0, 0.05) is 55.4 Å². The maximum atomic E-state index is 15.0. The van der Waals surface area contributed by atoms with Gasteiger partial charge in [0.1, 0.15) is 35.4 Å². The minimum Gasteiger partial charge on any atom is -0.391 e. The number of β-amino-alcohol motifs (C(OH)–C–C–N with tert-alkyl or cyclic N) is 1. The van der Waals surface area contributed by atoms with E-state index in [1.54, 1.807) is 27.8 Å². The first-order chi connectivity index (χ1) is 36.3. The van der Waals surface area contributed by atoms with Gasteiger partial charge >= 0.3 is 0 Å². The van der Waals surface area contributed by atoms with Gasteiger partial charge in [0.2, 0.25) is 23.6 Å². The van der Waals surface area contributed by atoms with Gasteiger partial charge in [-0.2, -0.15) is 0 Å². The molecule has 77 heavy (non-hydrogen) atoms. The van der Waals surface area contributed by atoms with E-state index < -0.39 is 53.0 Å². The van der Waals surface area contributed by atoms with Crippen LogP contribution in [0.5, 0.6) is 0 Å². The SMILES string of the molecule is Cc1ncsc1-c1ccc(CNC(=O)C2CC(OCC(C)(C)c3cc(C(C(=O)N4CC(O)CC4C(=O)NC(C)c4ccc(-c5scnc5CO)cc4)C(C)C)on3)CN2C(=O)C(c2cc(C(C)(C)C)no2)C(C)(C)C)cc1. The minimum atomic E-state index is -0.915. The van der Waals surface area contributed by atoms with E-state index in [1.165, 1.54) is 16.2 Å². The number of aromatic nitrogens is 4. The van der Waals surface area contributed by atoms with Crippen LogP contribution in [0.2, 0.25) is 0 Å². The quantitative estimate of drug-likeness (QED) is 0.0631. The van der Waals surface area contributed by atoms with Crippen molar-refractivity contribution >= 4 is 46.3 Å². The van der Waals surface area contributed by atoms with Crippen LogP contribution in [-0.4, -0.2) is 108 Å². The first-order valence-electron chi connectivity index (χ1n) is 26.4. The Balaban J connectivity index is 0.952. The van der Waals surface area contributed by atoms with E-state index in [4.69, 9.17) is 13.8 Å². The van der Waals surface area contributed by atoms with Crippen molar-refractivity contribution in [2.24, 2.45) is 11.3 Å². The number of carbonyl (C=O) groups is 4. The normalized spacial score (nSPS) is 19.4. The molecule has 0 spiro atoms. The first kappa shape index (κ1) is 57.1. The predicted octanol–water partition coefficient (Wildman–Crippen LogP) is 9.00. The number of nitrogens with one attached hydrogen (secondary N) is 2. The Morgan fingerprint density at radius 1 is 0.766 bits per heavy atom. The number of carbonyl (C=O) groups excluding carboxylic acids is 4. The van der Waals surface area contributed by atoms with E-state index in [9.17, 15) is 24.6 Å². The lowest BCUT2D eigenvalue weighted by molar-refractivity contribution is -0.142. The second-order valence-corrected chi connectivity index (χ2v) is 25.5. The fraction of sp³-hybridized carbons (Fsp3) is 0.517. The van der Waals surface area contributed by atoms with Crippen LogP contribution in [0.25, 0.3) is 20.9 Å². The lowest BCUT2D eigenvalue weighted by atomic mass is 9.77. The number of nitrogens with zero attached hydrogens (tertiary/aromatic N) is 6. The molecule has 0 aliphatic carbocycles. The van der Waals surface area contributed by atoms with Crippen molar-refractivity contribution in [3.63, 3.8) is 0 Å². The molecule has 0 bridgehead atoms. The molecule has 6 aromatic rings. The summed E-state index contributed by atoms with van der Waals surface area (Å²) in [6.07, 6.45) is -1.10. The molecule has 17 nitrogen and oxygen atoms in total. The zero-order chi connectivity index (χ0) is 55.7. The molecule has 4 aromatic heterocycles. The molecule has 2 aliphatic rings. The monoisotopic (exact) mass is 1090 g/mol. The van der Waals surface area contributed by atoms with Crippen LogP contribution < -0.4 is 10.6 Å². The van der Waals surface area contributed by atoms with E-state index in [1.807, 2.05) is 143 Å². The number of amides is 4. The summed E-state index contributed by atoms with van der Waals surface area (Å²) in [5.74, 6) is -2.36. The lowest BCUT2D eigenvalue weighted by Gasteiger charge is -2.33. The van der Waals surface area contributed by atoms with Crippen LogP contribution in [0.15, 0.2) is 80.7 Å². The minimum absolute atomic E-state index is 0.0146. The Labute approximate surface area is 459 Å². The van der Waals surface area contributed by atoms with Crippen molar-refractivity contribution in [2.75, 3.05) is 19.7 Å². The van der Waals surface area contributed by atoms with E-state index in [0.29, 0.717) is 22.9 Å². The molecule has 2 aliphatic heterocycles. The molecule has 412 valence electrons. The maximum Gasteiger partial charge on any atom is 0.243 e. The van der Waals surface area contributed by atoms with Gasteiger partial charge < -0.3 is 44.4 Å². The van der Waals surface area contributed by atoms with Crippen LogP contribution in [0.1, 0.15) is 152 Å². The number of aliphatic hydroxyl groups excluding tert-OH is 2. The molecule has 19 heteroatoms. The van der Waals surface area contributed by atoms with Gasteiger partial charge in [-0.1, -0.05) is 128 Å². The second-order valence-electron chi connectivity index (χ2n) is 23.8. The fourth-order valence-corrected chi connectivity index (χ4v) is 11.9. The van der Waals surface area contributed by atoms with Gasteiger partial charge in [-0.15, -0.1) is 22.7 Å². The zero-order valence-corrected chi connectivity index (χ0v) is 47.9. The number of benzene rings is 2. The van der Waals surface area contributed by atoms with Gasteiger partial charge in [-0.05, 0) is 47.4 Å². The van der Waals surface area contributed by atoms with Gasteiger partial charge in [-0.3, -0.25) is 19.2 Å². The molecule has 0 saturated carbocycles. The average Bonchev–Trinajstić information content (AvgIpc) is 4.25. The highest BCUT2D eigenvalue weighted by molar-refractivity contribution is 7.13. The number of aryl methyl sites for hydroxylation is 1. The fourth-order valence-electron chi connectivity index (χ4n) is 10.2. The Kier molecular flexibility index (Phi) is 17.1. The highest BCUT2D eigenvalue weighted by atomic mass is 32.1. The van der Waals surface area contributed by atoms with Crippen molar-refractivity contribution in [2.45, 2.75) is 162 Å². The van der Waals surface area contributed by atoms with Crippen LogP contribution in [0.4, 0.5) is 0 Å². The number of ether oxygens (including phenoxy) is 1. The zero-order valence-electron chi connectivity index (χ0n) is 46.2. The third-order valence-corrected chi connectivity index (χ3v) is 16.7. The summed E-state index contributed by atoms with van der Waals surface area (Å²) in [5.41, 5.74) is 8.39. The summed E-state index contributed by atoms with van der Waals surface area (Å²) >= 11 is 3.02. The van der Waals surface area contributed by atoms with Gasteiger partial charge in [0.05, 0.1) is 75.0 Å². The molecular formula is C58H74N8O9S2. The average molecular weight is 1090 g/mol. The summed E-state index contributed by atoms with van der Waals surface area (Å²) in [4.78, 5) is 71.6. The number of aliphatic hydroxyl groups is 2. The summed E-state index contributed by atoms with van der Waals surface area (Å²) < 4.78 is 18.6. The van der Waals surface area contributed by atoms with E-state index in [2.05, 4.69) is 30.9 Å². The predicted molar refractivity (Wildman–Crippen MR) is 295 cm³/mol. The van der Waals surface area contributed by atoms with Crippen molar-refractivity contribution in [3.8, 4) is 20.9 Å². The van der Waals surface area contributed by atoms with Crippen LogP contribution in [-0.2, 0) is 47.9 Å². The molecular weight excluding hydrogens is 1020 g/mol. The Morgan fingerprint density at radius 2 is 1.36 bits per heavy atom. The molecule has 2 fully saturated rings. The molecule has 7 atom stereocenters. The number of likely N-dealkylation sites (tertiary alicyclic amines) is 2. The van der Waals surface area contributed by atoms with Crippen LogP contribution >= 0.6 is 22.7 Å². The van der Waals surface area contributed by atoms with Crippen LogP contribution in [0, 0.1) is 18.3 Å². The third kappa shape index (κ3) is 12.8. The highest BCUT2D eigenvalue weighted by Gasteiger charge is 2.48. The van der Waals surface area contributed by atoms with Crippen molar-refractivity contribution < 1.29 is 43.2 Å². The third-order valence-electron chi connectivity index (χ3n) is 14.8. The molecule has 4 amide bonds. The molecule has 7 unspecified atom stereocenters. The molecule has 2 saturated heterocycles. The van der Waals surface area contributed by atoms with Gasteiger partial charge in [0.25, 0.3) is 0 Å². The molecule has 6 heterocycles. The standard InChI is InChI=1S/C58H74N8O9S2/c1-32(2)48(54(71)65-26-39(68)21-42(65)53(70)62-33(3)36-17-19-38(20-18-36)51-41(28-67)61-31-77-51)44-23-47(64-74-44)58(11,12)29-73-40-22-43(52(69)59-25-35-13-15-37(16-14-35)50-34(4)60-30-76-50)66(27-40)55(72)49(57(8,9)10)45-24-46(63-75-45)56(5,6)7/h13-20,23-24,30-33,39-40,42-43,48-49,67-68H,21-22,25-29H2,1-12H3,(H,59,69)(H,62,70). The van der Waals surface area contributed by atoms with Gasteiger partial charge in [-0.25, -0.2) is 9.97 Å². The first-order valence-corrected chi connectivity index (χ1v) is 28.2. The largest absolute Gasteiger partial charge is 0.391 e. The molecule has 2 aromatic carbocycles. The lowest BCUT2D eigenvalue weighted by Crippen LogP contribution is -2.49. The summed E-state index contributed by atoms with van der Waals surface area (Å²) in [6.45, 7) is 24.0. The molecule has 4 N–H and O–H groups in total. The van der Waals surface area contributed by atoms with E-state index in [-0.39, 0.29) is 80.7 Å². The van der Waals surface area contributed by atoms with Gasteiger partial charge in [0.15, 0.2) is 0 Å². The number of rotatable bonds is 18. The Bertz CT molecular complexity index is 3020. The summed E-state index contributed by atoms with van der Waals surface area (Å²) in [6, 6.07) is 17.1. The summed E-state index contributed by atoms with van der Waals surface area (Å²) in [5, 5.41) is 35.6. The Morgan fingerprint density at radius 3 is 1.99 bits per heavy atom. The second kappa shape index (κ2) is 23.1. The molecule has 0 radical (unpaired) electrons. The Hall–Kier alpha value is -6.12. The number of thiazole rings is 2. The number of hydrogen-bond donors (Lipinski definition) is 4. The van der Waals surface area contributed by atoms with Crippen molar-refractivity contribution in [3.05, 3.63) is 117 Å². The summed E-state index contributed by atoms with van der Waals surface area (Å²) in [7, 11) is 0.